The van der Waals surface area contributed by atoms with Crippen LogP contribution in [0.25, 0.3) is 5.57 Å². The lowest BCUT2D eigenvalue weighted by molar-refractivity contribution is -0.124. The van der Waals surface area contributed by atoms with Crippen molar-refractivity contribution in [3.63, 3.8) is 0 Å². The number of benzene rings is 1. The maximum atomic E-state index is 12.7. The number of ether oxygens (including phenoxy) is 3. The van der Waals surface area contributed by atoms with Gasteiger partial charge in [0.2, 0.25) is 0 Å². The largest absolute Gasteiger partial charge is 0.496 e. The van der Waals surface area contributed by atoms with Gasteiger partial charge in [-0.15, -0.1) is 0 Å². The molecule has 0 spiro atoms. The fourth-order valence-corrected chi connectivity index (χ4v) is 2.93. The Labute approximate surface area is 127 Å². The molecule has 1 aliphatic carbocycles. The molecular formula is C17H14O5. The second-order valence-electron chi connectivity index (χ2n) is 5.48. The molecular weight excluding hydrogens is 284 g/mol. The second-order valence-corrected chi connectivity index (χ2v) is 5.48. The molecule has 5 heteroatoms. The molecule has 22 heavy (non-hydrogen) atoms. The van der Waals surface area contributed by atoms with Crippen molar-refractivity contribution >= 4 is 17.1 Å². The van der Waals surface area contributed by atoms with E-state index in [9.17, 15) is 9.59 Å². The zero-order valence-electron chi connectivity index (χ0n) is 11.8. The predicted octanol–water partition coefficient (Wildman–Crippen LogP) is 1.91. The lowest BCUT2D eigenvalue weighted by atomic mass is 9.82. The van der Waals surface area contributed by atoms with Crippen LogP contribution in [0.15, 0.2) is 36.6 Å². The molecule has 0 N–H and O–H groups in total. The highest BCUT2D eigenvalue weighted by molar-refractivity contribution is 6.23. The van der Waals surface area contributed by atoms with E-state index in [0.717, 1.165) is 5.56 Å². The molecule has 4 rings (SSSR count). The van der Waals surface area contributed by atoms with Crippen LogP contribution in [0.2, 0.25) is 0 Å². The molecule has 0 amide bonds. The van der Waals surface area contributed by atoms with Crippen LogP contribution in [-0.2, 0) is 14.3 Å². The van der Waals surface area contributed by atoms with Gasteiger partial charge >= 0.3 is 0 Å². The Balaban J connectivity index is 1.67. The average molecular weight is 298 g/mol. The van der Waals surface area contributed by atoms with Gasteiger partial charge in [-0.2, -0.15) is 0 Å². The number of fused-ring (bicyclic) bond motifs is 2. The van der Waals surface area contributed by atoms with Gasteiger partial charge < -0.3 is 14.2 Å². The number of Topliss-reactive ketones (excluding diaryl/α,β-unsaturated/α-hetero) is 1. The Bertz CT molecular complexity index is 716. The molecule has 0 bridgehead atoms. The fourth-order valence-electron chi connectivity index (χ4n) is 2.93. The predicted molar refractivity (Wildman–Crippen MR) is 77.5 cm³/mol. The van der Waals surface area contributed by atoms with Crippen LogP contribution in [0.1, 0.15) is 12.0 Å². The topological polar surface area (TPSA) is 61.8 Å². The van der Waals surface area contributed by atoms with Crippen LogP contribution >= 0.6 is 0 Å². The smallest absolute Gasteiger partial charge is 0.177 e. The molecule has 5 nitrogen and oxygen atoms in total. The van der Waals surface area contributed by atoms with E-state index in [4.69, 9.17) is 14.2 Å². The quantitative estimate of drug-likeness (QED) is 0.792. The van der Waals surface area contributed by atoms with Crippen LogP contribution in [0.5, 0.6) is 11.5 Å². The molecule has 2 aliphatic heterocycles. The Morgan fingerprint density at radius 1 is 1.05 bits per heavy atom. The minimum absolute atomic E-state index is 0.00905. The van der Waals surface area contributed by atoms with Gasteiger partial charge in [-0.05, 0) is 23.8 Å². The second kappa shape index (κ2) is 5.02. The fraction of sp³-hybridized carbons (Fsp3) is 0.294. The molecule has 0 saturated heterocycles. The van der Waals surface area contributed by atoms with Crippen LogP contribution in [0, 0.1) is 5.92 Å². The van der Waals surface area contributed by atoms with Crippen molar-refractivity contribution < 1.29 is 23.8 Å². The van der Waals surface area contributed by atoms with Crippen molar-refractivity contribution in [2.75, 3.05) is 13.2 Å². The number of hydrogen-bond acceptors (Lipinski definition) is 5. The molecule has 1 aromatic carbocycles. The maximum Gasteiger partial charge on any atom is 0.177 e. The van der Waals surface area contributed by atoms with Crippen LogP contribution in [-0.4, -0.2) is 30.9 Å². The number of hydrogen-bond donors (Lipinski definition) is 0. The highest BCUT2D eigenvalue weighted by atomic mass is 16.6. The average Bonchev–Trinajstić information content (AvgIpc) is 2.54. The van der Waals surface area contributed by atoms with Gasteiger partial charge in [0.25, 0.3) is 0 Å². The minimum Gasteiger partial charge on any atom is -0.496 e. The van der Waals surface area contributed by atoms with E-state index in [-0.39, 0.29) is 24.1 Å². The summed E-state index contributed by atoms with van der Waals surface area (Å²) in [6.45, 7) is 1.02. The molecule has 0 aromatic heterocycles. The zero-order chi connectivity index (χ0) is 15.1. The van der Waals surface area contributed by atoms with Gasteiger partial charge in [-0.3, -0.25) is 9.59 Å². The van der Waals surface area contributed by atoms with Gasteiger partial charge in [0.05, 0.1) is 17.8 Å². The highest BCUT2D eigenvalue weighted by Gasteiger charge is 2.37. The van der Waals surface area contributed by atoms with Crippen molar-refractivity contribution in [3.05, 3.63) is 42.2 Å². The summed E-state index contributed by atoms with van der Waals surface area (Å²) in [5, 5.41) is 0. The van der Waals surface area contributed by atoms with Gasteiger partial charge in [-0.1, -0.05) is 12.1 Å². The Morgan fingerprint density at radius 3 is 2.73 bits per heavy atom. The lowest BCUT2D eigenvalue weighted by Crippen LogP contribution is -2.36. The highest BCUT2D eigenvalue weighted by Crippen LogP contribution is 2.37. The van der Waals surface area contributed by atoms with E-state index in [1.165, 1.54) is 12.3 Å². The van der Waals surface area contributed by atoms with Crippen LogP contribution < -0.4 is 9.47 Å². The third-order valence-corrected chi connectivity index (χ3v) is 4.07. The Hall–Kier alpha value is -2.56. The Morgan fingerprint density at radius 2 is 1.86 bits per heavy atom. The molecule has 3 aliphatic rings. The molecule has 0 saturated carbocycles. The molecule has 0 radical (unpaired) electrons. The summed E-state index contributed by atoms with van der Waals surface area (Å²) >= 11 is 0. The first-order chi connectivity index (χ1) is 10.7. The number of carbonyl (C=O) groups is 2. The van der Waals surface area contributed by atoms with E-state index < -0.39 is 5.92 Å². The standard InChI is InChI=1S/C17H14O5/c18-11-2-3-12-15(8-11)22-9-13(17(12)19)10-1-4-14-16(7-10)21-6-5-20-14/h1-4,7,9,12,15H,5-6,8H2/t12-,15+/m0/s1. The van der Waals surface area contributed by atoms with Crippen molar-refractivity contribution in [1.29, 1.82) is 0 Å². The third kappa shape index (κ3) is 2.09. The number of ketones is 2. The van der Waals surface area contributed by atoms with Crippen molar-refractivity contribution in [2.24, 2.45) is 5.92 Å². The number of rotatable bonds is 1. The van der Waals surface area contributed by atoms with E-state index in [0.29, 0.717) is 30.3 Å². The van der Waals surface area contributed by atoms with Crippen molar-refractivity contribution in [2.45, 2.75) is 12.5 Å². The third-order valence-electron chi connectivity index (χ3n) is 4.07. The normalized spacial score (nSPS) is 26.1. The summed E-state index contributed by atoms with van der Waals surface area (Å²) < 4.78 is 16.6. The minimum atomic E-state index is -0.397. The number of allylic oxidation sites excluding steroid dienone is 2. The summed E-state index contributed by atoms with van der Waals surface area (Å²) in [5.41, 5.74) is 1.23. The van der Waals surface area contributed by atoms with Crippen LogP contribution in [0.4, 0.5) is 0 Å². The Kier molecular flexibility index (Phi) is 2.99. The first kappa shape index (κ1) is 13.1. The van der Waals surface area contributed by atoms with Gasteiger partial charge in [0.1, 0.15) is 19.3 Å². The number of carbonyl (C=O) groups excluding carboxylic acids is 2. The molecule has 2 atom stereocenters. The van der Waals surface area contributed by atoms with Gasteiger partial charge in [0.15, 0.2) is 23.1 Å². The van der Waals surface area contributed by atoms with Crippen molar-refractivity contribution in [1.82, 2.24) is 0 Å². The van der Waals surface area contributed by atoms with Gasteiger partial charge in [0, 0.05) is 6.42 Å². The SMILES string of the molecule is O=C1C=C[C@@H]2C(=O)C(c3ccc4c(c3)OCCO4)=CO[C@@H]2C1. The van der Waals surface area contributed by atoms with E-state index in [1.54, 1.807) is 18.2 Å². The molecule has 0 fully saturated rings. The summed E-state index contributed by atoms with van der Waals surface area (Å²) in [5.74, 6) is 0.877. The summed E-state index contributed by atoms with van der Waals surface area (Å²) in [7, 11) is 0. The van der Waals surface area contributed by atoms with E-state index in [2.05, 4.69) is 0 Å². The first-order valence-corrected chi connectivity index (χ1v) is 7.23. The molecule has 1 aromatic rings. The molecule has 112 valence electrons. The van der Waals surface area contributed by atoms with Crippen LogP contribution in [0.3, 0.4) is 0 Å². The molecule has 2 heterocycles. The van der Waals surface area contributed by atoms with E-state index >= 15 is 0 Å². The summed E-state index contributed by atoms with van der Waals surface area (Å²) in [4.78, 5) is 24.1. The summed E-state index contributed by atoms with van der Waals surface area (Å²) in [6.07, 6.45) is 4.43. The zero-order valence-corrected chi connectivity index (χ0v) is 11.8. The van der Waals surface area contributed by atoms with Gasteiger partial charge in [-0.25, -0.2) is 0 Å². The van der Waals surface area contributed by atoms with Crippen molar-refractivity contribution in [3.8, 4) is 11.5 Å². The maximum absolute atomic E-state index is 12.7. The summed E-state index contributed by atoms with van der Waals surface area (Å²) in [6, 6.07) is 5.41. The first-order valence-electron chi connectivity index (χ1n) is 7.23. The molecule has 0 unspecified atom stereocenters. The monoisotopic (exact) mass is 298 g/mol. The lowest BCUT2D eigenvalue weighted by Gasteiger charge is -2.30. The van der Waals surface area contributed by atoms with E-state index in [1.807, 2.05) is 6.07 Å².